The third-order valence-electron chi connectivity index (χ3n) is 12.1. The number of allylic oxidation sites excluding steroid dienone is 8. The van der Waals surface area contributed by atoms with Gasteiger partial charge in [-0.2, -0.15) is 0 Å². The molecule has 6 heteroatoms. The Morgan fingerprint density at radius 1 is 0.745 bits per heavy atom. The second kappa shape index (κ2) is 12.7. The molecule has 4 aliphatic carbocycles. The molecule has 3 aromatic rings. The molecule has 0 saturated carbocycles. The maximum atomic E-state index is 14.0. The molecule has 0 bridgehead atoms. The van der Waals surface area contributed by atoms with Gasteiger partial charge in [0.05, 0.1) is 0 Å². The van der Waals surface area contributed by atoms with Gasteiger partial charge in [0.15, 0.2) is 0 Å². The Morgan fingerprint density at radius 2 is 1.20 bits per heavy atom. The molecule has 0 amide bonds. The van der Waals surface area contributed by atoms with Crippen molar-refractivity contribution in [2.24, 2.45) is 11.3 Å². The molecule has 2 unspecified atom stereocenters. The van der Waals surface area contributed by atoms with E-state index in [1.807, 2.05) is 0 Å². The first-order chi connectivity index (χ1) is 22.6. The van der Waals surface area contributed by atoms with Crippen LogP contribution in [0.25, 0.3) is 22.3 Å². The number of halogens is 5. The predicted molar refractivity (Wildman–Crippen MR) is 199 cm³/mol. The van der Waals surface area contributed by atoms with E-state index in [-0.39, 0.29) is 50.6 Å². The topological polar surface area (TPSA) is 0 Å². The molecule has 0 nitrogen and oxygen atoms in total. The number of rotatable bonds is 4. The summed E-state index contributed by atoms with van der Waals surface area (Å²) in [5, 5.41) is 0. The number of benzene rings is 3. The summed E-state index contributed by atoms with van der Waals surface area (Å²) < 4.78 is 50.0. The summed E-state index contributed by atoms with van der Waals surface area (Å²) in [7, 11) is 0. The molecule has 51 heavy (non-hydrogen) atoms. The van der Waals surface area contributed by atoms with Gasteiger partial charge in [-0.15, -0.1) is 0 Å². The summed E-state index contributed by atoms with van der Waals surface area (Å²) in [6, 6.07) is 16.0. The number of hydrogen-bond acceptors (Lipinski definition) is 0. The summed E-state index contributed by atoms with van der Waals surface area (Å²) in [6.07, 6.45) is 3.70. The van der Waals surface area contributed by atoms with E-state index < -0.39 is 31.5 Å². The second-order valence-corrected chi connectivity index (χ2v) is 26.4. The third-order valence-corrected chi connectivity index (χ3v) is 23.6. The minimum absolute atomic E-state index is 0. The van der Waals surface area contributed by atoms with E-state index in [0.717, 1.165) is 9.69 Å². The molecule has 3 aromatic carbocycles. The summed E-state index contributed by atoms with van der Waals surface area (Å²) in [5.41, 5.74) is 15.0. The molecule has 0 radical (unpaired) electrons. The van der Waals surface area contributed by atoms with Crippen LogP contribution in [0, 0.1) is 11.3 Å². The van der Waals surface area contributed by atoms with Crippen LogP contribution in [0.2, 0.25) is 0 Å². The van der Waals surface area contributed by atoms with Gasteiger partial charge in [-0.25, -0.2) is 0 Å². The molecule has 0 saturated heterocycles. The van der Waals surface area contributed by atoms with E-state index in [2.05, 4.69) is 119 Å². The van der Waals surface area contributed by atoms with Gasteiger partial charge < -0.3 is 24.8 Å². The predicted octanol–water partition coefficient (Wildman–Crippen LogP) is 6.37. The first-order valence-corrected chi connectivity index (χ1v) is 23.5. The van der Waals surface area contributed by atoms with Crippen LogP contribution in [-0.4, -0.2) is 4.21 Å². The number of hydrogen-bond donors (Lipinski definition) is 0. The average Bonchev–Trinajstić information content (AvgIpc) is 3.66. The fourth-order valence-corrected chi connectivity index (χ4v) is 22.3. The fourth-order valence-electron chi connectivity index (χ4n) is 10.0. The largest absolute Gasteiger partial charge is 1.00 e. The van der Waals surface area contributed by atoms with Crippen molar-refractivity contribution in [3.63, 3.8) is 0 Å². The van der Waals surface area contributed by atoms with Crippen molar-refractivity contribution in [1.82, 2.24) is 0 Å². The summed E-state index contributed by atoms with van der Waals surface area (Å²) in [4.78, 5) is 0. The molecule has 7 rings (SSSR count). The minimum atomic E-state index is -4.39. The molecule has 2 atom stereocenters. The Labute approximate surface area is 320 Å². The van der Waals surface area contributed by atoms with Gasteiger partial charge in [-0.3, -0.25) is 0 Å². The first-order valence-electron chi connectivity index (χ1n) is 17.9. The van der Waals surface area contributed by atoms with Crippen LogP contribution in [0.4, 0.5) is 13.2 Å². The average molecular weight is 810 g/mol. The number of alkyl halides is 3. The SMILES string of the molecule is [CH2]=[Zr+2]([C]1=C(CC)C(C(C)(C)C)=CC1C)([c]1ccc(C(F)(F)F)cc1)[CH]1c2cc3c(cc2-c2cc4c(cc21)C(C)(C)C=C4C)C(C)=CC3(C)C.[Cl-].[Cl-]. The molecule has 0 heterocycles. The van der Waals surface area contributed by atoms with E-state index >= 15 is 0 Å². The third kappa shape index (κ3) is 5.93. The fraction of sp³-hybridized carbons (Fsp3) is 0.400. The quantitative estimate of drug-likeness (QED) is 0.288. The van der Waals surface area contributed by atoms with Gasteiger partial charge in [0.1, 0.15) is 0 Å². The monoisotopic (exact) mass is 807 g/mol. The Hall–Kier alpha value is -2.26. The Morgan fingerprint density at radius 3 is 1.59 bits per heavy atom. The van der Waals surface area contributed by atoms with Crippen LogP contribution >= 0.6 is 0 Å². The maximum Gasteiger partial charge on any atom is -1.00 e. The maximum absolute atomic E-state index is 14.0. The second-order valence-electron chi connectivity index (χ2n) is 17.4. The Bertz CT molecular complexity index is 2040. The summed E-state index contributed by atoms with van der Waals surface area (Å²) in [5.74, 6) is 0.164. The van der Waals surface area contributed by atoms with Crippen LogP contribution in [0.5, 0.6) is 0 Å². The van der Waals surface area contributed by atoms with Crippen LogP contribution in [-0.2, 0) is 36.8 Å². The van der Waals surface area contributed by atoms with Gasteiger partial charge in [0, 0.05) is 0 Å². The van der Waals surface area contributed by atoms with Crippen LogP contribution in [0.15, 0.2) is 81.2 Å². The first kappa shape index (κ1) is 39.9. The van der Waals surface area contributed by atoms with E-state index in [9.17, 15) is 13.2 Å². The molecule has 0 aromatic heterocycles. The zero-order valence-electron chi connectivity index (χ0n) is 31.8. The van der Waals surface area contributed by atoms with E-state index in [1.165, 1.54) is 82.2 Å². The van der Waals surface area contributed by atoms with Crippen molar-refractivity contribution in [3.05, 3.63) is 120 Å². The summed E-state index contributed by atoms with van der Waals surface area (Å²) >= 11 is -4.28. The molecular formula is C45H50Cl2F3Zr. The molecule has 0 N–H and O–H groups in total. The van der Waals surface area contributed by atoms with Gasteiger partial charge in [-0.05, 0) is 0 Å². The smallest absolute Gasteiger partial charge is 1.00 e. The van der Waals surface area contributed by atoms with Gasteiger partial charge in [0.25, 0.3) is 0 Å². The zero-order valence-corrected chi connectivity index (χ0v) is 35.8. The molecule has 0 spiro atoms. The van der Waals surface area contributed by atoms with E-state index in [4.69, 9.17) is 4.21 Å². The van der Waals surface area contributed by atoms with E-state index in [1.54, 1.807) is 12.1 Å². The van der Waals surface area contributed by atoms with Crippen LogP contribution < -0.4 is 28.1 Å². The van der Waals surface area contributed by atoms with E-state index in [0.29, 0.717) is 0 Å². The number of fused-ring (bicyclic) bond motifs is 5. The van der Waals surface area contributed by atoms with Crippen molar-refractivity contribution >= 4 is 18.6 Å². The zero-order chi connectivity index (χ0) is 35.8. The molecule has 4 aliphatic rings. The molecule has 0 fully saturated rings. The van der Waals surface area contributed by atoms with Gasteiger partial charge >= 0.3 is 297 Å². The van der Waals surface area contributed by atoms with Crippen molar-refractivity contribution in [2.45, 2.75) is 103 Å². The van der Waals surface area contributed by atoms with Crippen molar-refractivity contribution in [2.75, 3.05) is 0 Å². The van der Waals surface area contributed by atoms with Crippen LogP contribution in [0.3, 0.4) is 0 Å². The van der Waals surface area contributed by atoms with Crippen molar-refractivity contribution in [1.29, 1.82) is 0 Å². The summed E-state index contributed by atoms with van der Waals surface area (Å²) in [6.45, 7) is 25.0. The van der Waals surface area contributed by atoms with Gasteiger partial charge in [0.2, 0.25) is 0 Å². The Kier molecular flexibility index (Phi) is 9.92. The molecular weight excluding hydrogens is 760 g/mol. The van der Waals surface area contributed by atoms with Gasteiger partial charge in [-0.1, -0.05) is 0 Å². The molecule has 269 valence electrons. The van der Waals surface area contributed by atoms with Crippen molar-refractivity contribution in [3.8, 4) is 11.1 Å². The van der Waals surface area contributed by atoms with Crippen molar-refractivity contribution < 1.29 is 57.8 Å². The minimum Gasteiger partial charge on any atom is -1.00 e. The standard InChI is InChI=1S/C25H25.C12H19.C7H4F3.CH2.2ClH.Zr/c1-14-12-24(3,4)22-8-16-7-17-9-23-19(15(2)13-25(23,5)6)11-21(17)20(16)10-18(14)22;1-6-10-7-9(2)8-11(10)12(3,4)5;8-7(9,10)6-4-2-1-3-5-6;;;;/h7-13H,1-6H3;8-9H,6H2,1-5H3;2-5H;1H2;2*1H;/q;;;;;;+2/p-2. The Balaban J connectivity index is 0.00000252. The van der Waals surface area contributed by atoms with Crippen LogP contribution in [0.1, 0.15) is 125 Å². The molecule has 0 aliphatic heterocycles. The normalized spacial score (nSPS) is 20.4.